The standard InChI is InChI=1S/C13H23N3O2/c1-12(2,3)9-8-10(15-16(9)7)14-11(17)18-13(4,5)6/h8H,1-7H3,(H,14,15,17). The van der Waals surface area contributed by atoms with Crippen LogP contribution < -0.4 is 5.32 Å². The van der Waals surface area contributed by atoms with E-state index in [-0.39, 0.29) is 5.41 Å². The molecular weight excluding hydrogens is 230 g/mol. The molecule has 0 radical (unpaired) electrons. The fourth-order valence-corrected chi connectivity index (χ4v) is 1.64. The van der Waals surface area contributed by atoms with Crippen molar-refractivity contribution < 1.29 is 9.53 Å². The Morgan fingerprint density at radius 2 is 1.83 bits per heavy atom. The highest BCUT2D eigenvalue weighted by Gasteiger charge is 2.21. The number of anilines is 1. The van der Waals surface area contributed by atoms with Crippen LogP contribution in [0.25, 0.3) is 0 Å². The highest BCUT2D eigenvalue weighted by Crippen LogP contribution is 2.24. The zero-order valence-corrected chi connectivity index (χ0v) is 12.3. The average Bonchev–Trinajstić information content (AvgIpc) is 2.41. The lowest BCUT2D eigenvalue weighted by atomic mass is 9.92. The lowest BCUT2D eigenvalue weighted by Crippen LogP contribution is -2.27. The second-order valence-corrected chi connectivity index (χ2v) is 6.42. The summed E-state index contributed by atoms with van der Waals surface area (Å²) in [5.41, 5.74) is 0.523. The molecule has 5 nitrogen and oxygen atoms in total. The first-order chi connectivity index (χ1) is 7.99. The minimum atomic E-state index is -0.508. The molecule has 1 amide bonds. The topological polar surface area (TPSA) is 56.2 Å². The van der Waals surface area contributed by atoms with Gasteiger partial charge in [-0.15, -0.1) is 0 Å². The number of aromatic nitrogens is 2. The van der Waals surface area contributed by atoms with Crippen molar-refractivity contribution in [2.75, 3.05) is 5.32 Å². The van der Waals surface area contributed by atoms with Gasteiger partial charge in [-0.2, -0.15) is 5.10 Å². The van der Waals surface area contributed by atoms with Gasteiger partial charge in [0.2, 0.25) is 0 Å². The molecule has 0 aromatic carbocycles. The van der Waals surface area contributed by atoms with Gasteiger partial charge in [0.1, 0.15) is 5.60 Å². The van der Waals surface area contributed by atoms with Gasteiger partial charge in [0.15, 0.2) is 5.82 Å². The van der Waals surface area contributed by atoms with Crippen molar-refractivity contribution in [2.45, 2.75) is 52.6 Å². The average molecular weight is 253 g/mol. The van der Waals surface area contributed by atoms with Crippen LogP contribution in [0.2, 0.25) is 0 Å². The van der Waals surface area contributed by atoms with E-state index in [9.17, 15) is 4.79 Å². The molecule has 102 valence electrons. The third kappa shape index (κ3) is 4.05. The van der Waals surface area contributed by atoms with Gasteiger partial charge in [0.05, 0.1) is 0 Å². The summed E-state index contributed by atoms with van der Waals surface area (Å²) >= 11 is 0. The van der Waals surface area contributed by atoms with Crippen molar-refractivity contribution in [3.8, 4) is 0 Å². The number of nitrogens with one attached hydrogen (secondary N) is 1. The van der Waals surface area contributed by atoms with Crippen LogP contribution in [-0.4, -0.2) is 21.5 Å². The van der Waals surface area contributed by atoms with Gasteiger partial charge in [-0.1, -0.05) is 20.8 Å². The summed E-state index contributed by atoms with van der Waals surface area (Å²) in [5.74, 6) is 0.511. The van der Waals surface area contributed by atoms with Crippen molar-refractivity contribution in [1.29, 1.82) is 0 Å². The van der Waals surface area contributed by atoms with Crippen LogP contribution in [0.15, 0.2) is 6.07 Å². The zero-order chi connectivity index (χ0) is 14.1. The van der Waals surface area contributed by atoms with Gasteiger partial charge in [-0.3, -0.25) is 10.00 Å². The molecule has 0 saturated heterocycles. The van der Waals surface area contributed by atoms with Crippen molar-refractivity contribution in [3.05, 3.63) is 11.8 Å². The van der Waals surface area contributed by atoms with Crippen LogP contribution in [-0.2, 0) is 17.2 Å². The summed E-state index contributed by atoms with van der Waals surface area (Å²) in [4.78, 5) is 11.6. The van der Waals surface area contributed by atoms with Gasteiger partial charge in [-0.25, -0.2) is 4.79 Å². The highest BCUT2D eigenvalue weighted by molar-refractivity contribution is 5.83. The van der Waals surface area contributed by atoms with Gasteiger partial charge >= 0.3 is 6.09 Å². The molecule has 0 bridgehead atoms. The fourth-order valence-electron chi connectivity index (χ4n) is 1.64. The normalized spacial score (nSPS) is 12.4. The van der Waals surface area contributed by atoms with Crippen molar-refractivity contribution in [1.82, 2.24) is 9.78 Å². The van der Waals surface area contributed by atoms with Crippen LogP contribution in [0.4, 0.5) is 10.6 Å². The van der Waals surface area contributed by atoms with Crippen LogP contribution in [0.3, 0.4) is 0 Å². The Hall–Kier alpha value is -1.52. The SMILES string of the molecule is Cn1nc(NC(=O)OC(C)(C)C)cc1C(C)(C)C. The van der Waals surface area contributed by atoms with Crippen molar-refractivity contribution in [3.63, 3.8) is 0 Å². The number of hydrogen-bond donors (Lipinski definition) is 1. The second-order valence-electron chi connectivity index (χ2n) is 6.42. The number of carbonyl (C=O) groups is 1. The molecule has 18 heavy (non-hydrogen) atoms. The molecule has 0 atom stereocenters. The number of nitrogens with zero attached hydrogens (tertiary/aromatic N) is 2. The molecule has 1 aromatic heterocycles. The first-order valence-electron chi connectivity index (χ1n) is 6.03. The first-order valence-corrected chi connectivity index (χ1v) is 6.03. The lowest BCUT2D eigenvalue weighted by Gasteiger charge is -2.19. The van der Waals surface area contributed by atoms with E-state index in [1.807, 2.05) is 33.9 Å². The predicted octanol–water partition coefficient (Wildman–Crippen LogP) is 3.06. The molecule has 0 unspecified atom stereocenters. The van der Waals surface area contributed by atoms with Crippen LogP contribution in [0.5, 0.6) is 0 Å². The first kappa shape index (κ1) is 14.5. The molecule has 1 rings (SSSR count). The van der Waals surface area contributed by atoms with Crippen molar-refractivity contribution in [2.24, 2.45) is 7.05 Å². The Morgan fingerprint density at radius 1 is 1.28 bits per heavy atom. The molecule has 0 aliphatic heterocycles. The maximum atomic E-state index is 11.6. The van der Waals surface area contributed by atoms with E-state index in [1.54, 1.807) is 4.68 Å². The quantitative estimate of drug-likeness (QED) is 0.836. The number of hydrogen-bond acceptors (Lipinski definition) is 3. The Bertz CT molecular complexity index is 436. The maximum Gasteiger partial charge on any atom is 0.413 e. The Labute approximate surface area is 109 Å². The molecule has 0 saturated carbocycles. The molecule has 1 aromatic rings. The van der Waals surface area contributed by atoms with E-state index in [0.29, 0.717) is 5.82 Å². The third-order valence-corrected chi connectivity index (χ3v) is 2.28. The van der Waals surface area contributed by atoms with Gasteiger partial charge in [-0.05, 0) is 20.8 Å². The van der Waals surface area contributed by atoms with E-state index in [0.717, 1.165) is 5.69 Å². The van der Waals surface area contributed by atoms with Gasteiger partial charge < -0.3 is 4.74 Å². The smallest absolute Gasteiger partial charge is 0.413 e. The lowest BCUT2D eigenvalue weighted by molar-refractivity contribution is 0.0635. The third-order valence-electron chi connectivity index (χ3n) is 2.28. The summed E-state index contributed by atoms with van der Waals surface area (Å²) in [5, 5.41) is 6.89. The number of amides is 1. The summed E-state index contributed by atoms with van der Waals surface area (Å²) in [6.07, 6.45) is -0.485. The molecule has 1 heterocycles. The number of ether oxygens (including phenoxy) is 1. The Kier molecular flexibility index (Phi) is 3.74. The van der Waals surface area contributed by atoms with E-state index < -0.39 is 11.7 Å². The van der Waals surface area contributed by atoms with Gasteiger partial charge in [0, 0.05) is 24.2 Å². The summed E-state index contributed by atoms with van der Waals surface area (Å²) in [6, 6.07) is 1.86. The minimum Gasteiger partial charge on any atom is -0.444 e. The molecular formula is C13H23N3O2. The highest BCUT2D eigenvalue weighted by atomic mass is 16.6. The molecule has 5 heteroatoms. The second kappa shape index (κ2) is 4.63. The maximum absolute atomic E-state index is 11.6. The number of rotatable bonds is 1. The fraction of sp³-hybridized carbons (Fsp3) is 0.692. The van der Waals surface area contributed by atoms with Crippen LogP contribution in [0, 0.1) is 0 Å². The van der Waals surface area contributed by atoms with Gasteiger partial charge in [0.25, 0.3) is 0 Å². The minimum absolute atomic E-state index is 0.0182. The molecule has 0 aliphatic carbocycles. The zero-order valence-electron chi connectivity index (χ0n) is 12.3. The van der Waals surface area contributed by atoms with E-state index >= 15 is 0 Å². The van der Waals surface area contributed by atoms with E-state index in [4.69, 9.17) is 4.74 Å². The largest absolute Gasteiger partial charge is 0.444 e. The molecule has 1 N–H and O–H groups in total. The van der Waals surface area contributed by atoms with Crippen molar-refractivity contribution >= 4 is 11.9 Å². The van der Waals surface area contributed by atoms with E-state index in [1.165, 1.54) is 0 Å². The Balaban J connectivity index is 2.79. The predicted molar refractivity (Wildman–Crippen MR) is 71.8 cm³/mol. The number of carbonyl (C=O) groups excluding carboxylic acids is 1. The molecule has 0 aliphatic rings. The summed E-state index contributed by atoms with van der Waals surface area (Å²) < 4.78 is 6.95. The Morgan fingerprint density at radius 3 is 2.22 bits per heavy atom. The van der Waals surface area contributed by atoms with Crippen LogP contribution >= 0.6 is 0 Å². The van der Waals surface area contributed by atoms with E-state index in [2.05, 4.69) is 31.2 Å². The number of aryl methyl sites for hydroxylation is 1. The molecule has 0 spiro atoms. The molecule has 0 fully saturated rings. The van der Waals surface area contributed by atoms with Crippen LogP contribution in [0.1, 0.15) is 47.2 Å². The monoisotopic (exact) mass is 253 g/mol. The summed E-state index contributed by atoms with van der Waals surface area (Å²) in [6.45, 7) is 11.8. The summed E-state index contributed by atoms with van der Waals surface area (Å²) in [7, 11) is 1.86.